The number of imidazole rings is 1. The Labute approximate surface area is 109 Å². The normalized spacial score (nSPS) is 10.8. The third-order valence-electron chi connectivity index (χ3n) is 2.99. The maximum absolute atomic E-state index is 9.63. The van der Waals surface area contributed by atoms with Crippen LogP contribution in [-0.4, -0.2) is 22.2 Å². The molecule has 4 N–H and O–H groups in total. The Balaban J connectivity index is 2.11. The standard InChI is InChI=1S/C14H13N3O2/c1-19-9-3-5-11-12(7-9)17-14(16-11)8-2-4-10(15)13(18)6-8/h2-7,18H,15H2,1H3,(H,16,17). The van der Waals surface area contributed by atoms with Crippen molar-refractivity contribution in [3.63, 3.8) is 0 Å². The number of H-pyrrole nitrogens is 1. The molecule has 0 fully saturated rings. The average Bonchev–Trinajstić information content (AvgIpc) is 2.84. The minimum Gasteiger partial charge on any atom is -0.506 e. The number of methoxy groups -OCH3 is 1. The van der Waals surface area contributed by atoms with Gasteiger partial charge in [0.25, 0.3) is 0 Å². The number of ether oxygens (including phenoxy) is 1. The Hall–Kier alpha value is -2.69. The first kappa shape index (κ1) is 11.4. The predicted molar refractivity (Wildman–Crippen MR) is 74.2 cm³/mol. The second kappa shape index (κ2) is 4.20. The van der Waals surface area contributed by atoms with Crippen molar-refractivity contribution in [1.82, 2.24) is 9.97 Å². The van der Waals surface area contributed by atoms with Crippen LogP contribution in [-0.2, 0) is 0 Å². The summed E-state index contributed by atoms with van der Waals surface area (Å²) >= 11 is 0. The van der Waals surface area contributed by atoms with Gasteiger partial charge in [-0.15, -0.1) is 0 Å². The van der Waals surface area contributed by atoms with Crippen molar-refractivity contribution in [3.05, 3.63) is 36.4 Å². The number of nitrogens with two attached hydrogens (primary N) is 1. The summed E-state index contributed by atoms with van der Waals surface area (Å²) in [5, 5.41) is 9.63. The summed E-state index contributed by atoms with van der Waals surface area (Å²) in [4.78, 5) is 7.66. The second-order valence-electron chi connectivity index (χ2n) is 4.24. The zero-order valence-corrected chi connectivity index (χ0v) is 10.3. The molecule has 0 spiro atoms. The third-order valence-corrected chi connectivity index (χ3v) is 2.99. The van der Waals surface area contributed by atoms with Crippen molar-refractivity contribution in [2.45, 2.75) is 0 Å². The molecule has 3 rings (SSSR count). The van der Waals surface area contributed by atoms with Crippen LogP contribution in [0.2, 0.25) is 0 Å². The molecule has 0 bridgehead atoms. The summed E-state index contributed by atoms with van der Waals surface area (Å²) in [6.45, 7) is 0. The molecule has 5 heteroatoms. The highest BCUT2D eigenvalue weighted by molar-refractivity contribution is 5.81. The molecule has 96 valence electrons. The van der Waals surface area contributed by atoms with E-state index < -0.39 is 0 Å². The summed E-state index contributed by atoms with van der Waals surface area (Å²) in [7, 11) is 1.62. The first-order valence-corrected chi connectivity index (χ1v) is 5.80. The minimum absolute atomic E-state index is 0.0514. The number of anilines is 1. The largest absolute Gasteiger partial charge is 0.506 e. The molecule has 5 nitrogen and oxygen atoms in total. The van der Waals surface area contributed by atoms with Gasteiger partial charge in [-0.3, -0.25) is 0 Å². The molecule has 0 amide bonds. The molecule has 0 aliphatic carbocycles. The molecule has 0 radical (unpaired) electrons. The fourth-order valence-corrected chi connectivity index (χ4v) is 1.94. The Morgan fingerprint density at radius 3 is 2.79 bits per heavy atom. The number of rotatable bonds is 2. The topological polar surface area (TPSA) is 84.2 Å². The number of nitrogens with zero attached hydrogens (tertiary/aromatic N) is 1. The number of phenolic OH excluding ortho intramolecular Hbond substituents is 1. The van der Waals surface area contributed by atoms with Gasteiger partial charge >= 0.3 is 0 Å². The smallest absolute Gasteiger partial charge is 0.139 e. The van der Waals surface area contributed by atoms with E-state index in [1.807, 2.05) is 24.3 Å². The molecule has 3 aromatic rings. The Bertz CT molecular complexity index is 750. The molecule has 0 atom stereocenters. The van der Waals surface area contributed by atoms with Crippen LogP contribution >= 0.6 is 0 Å². The maximum Gasteiger partial charge on any atom is 0.139 e. The summed E-state index contributed by atoms with van der Waals surface area (Å²) in [6.07, 6.45) is 0. The number of aromatic nitrogens is 2. The summed E-state index contributed by atoms with van der Waals surface area (Å²) < 4.78 is 5.17. The van der Waals surface area contributed by atoms with Gasteiger partial charge in [0.2, 0.25) is 0 Å². The van der Waals surface area contributed by atoms with Gasteiger partial charge in [0.1, 0.15) is 17.3 Å². The SMILES string of the molecule is COc1ccc2nc(-c3ccc(N)c(O)c3)[nH]c2c1. The van der Waals surface area contributed by atoms with E-state index in [9.17, 15) is 5.11 Å². The van der Waals surface area contributed by atoms with Crippen molar-refractivity contribution in [3.8, 4) is 22.9 Å². The van der Waals surface area contributed by atoms with Gasteiger partial charge in [-0.2, -0.15) is 0 Å². The van der Waals surface area contributed by atoms with Gasteiger partial charge in [-0.25, -0.2) is 4.98 Å². The highest BCUT2D eigenvalue weighted by Crippen LogP contribution is 2.28. The Morgan fingerprint density at radius 1 is 1.21 bits per heavy atom. The highest BCUT2D eigenvalue weighted by Gasteiger charge is 2.08. The van der Waals surface area contributed by atoms with E-state index in [1.54, 1.807) is 19.2 Å². The fourth-order valence-electron chi connectivity index (χ4n) is 1.94. The van der Waals surface area contributed by atoms with Crippen LogP contribution in [0.5, 0.6) is 11.5 Å². The molecule has 0 saturated heterocycles. The van der Waals surface area contributed by atoms with E-state index in [2.05, 4.69) is 9.97 Å². The lowest BCUT2D eigenvalue weighted by molar-refractivity contribution is 0.415. The molecule has 1 aromatic heterocycles. The lowest BCUT2D eigenvalue weighted by Gasteiger charge is -2.00. The van der Waals surface area contributed by atoms with Crippen LogP contribution in [0.15, 0.2) is 36.4 Å². The van der Waals surface area contributed by atoms with Gasteiger partial charge in [-0.05, 0) is 30.3 Å². The predicted octanol–water partition coefficient (Wildman–Crippen LogP) is 2.53. The second-order valence-corrected chi connectivity index (χ2v) is 4.24. The third kappa shape index (κ3) is 1.95. The van der Waals surface area contributed by atoms with E-state index in [4.69, 9.17) is 10.5 Å². The monoisotopic (exact) mass is 255 g/mol. The zero-order valence-electron chi connectivity index (χ0n) is 10.3. The minimum atomic E-state index is 0.0514. The lowest BCUT2D eigenvalue weighted by atomic mass is 10.2. The number of fused-ring (bicyclic) bond motifs is 1. The van der Waals surface area contributed by atoms with Crippen LogP contribution in [0.4, 0.5) is 5.69 Å². The van der Waals surface area contributed by atoms with E-state index in [0.29, 0.717) is 11.5 Å². The molecular weight excluding hydrogens is 242 g/mol. The van der Waals surface area contributed by atoms with Crippen LogP contribution in [0.1, 0.15) is 0 Å². The summed E-state index contributed by atoms with van der Waals surface area (Å²) in [5.41, 5.74) is 8.43. The number of nitrogens with one attached hydrogen (secondary N) is 1. The average molecular weight is 255 g/mol. The van der Waals surface area contributed by atoms with E-state index in [1.165, 1.54) is 0 Å². The van der Waals surface area contributed by atoms with Gasteiger partial charge in [-0.1, -0.05) is 0 Å². The van der Waals surface area contributed by atoms with Gasteiger partial charge in [0.15, 0.2) is 0 Å². The quantitative estimate of drug-likeness (QED) is 0.485. The number of nitrogen functional groups attached to an aromatic ring is 1. The van der Waals surface area contributed by atoms with Crippen molar-refractivity contribution in [1.29, 1.82) is 0 Å². The maximum atomic E-state index is 9.63. The van der Waals surface area contributed by atoms with Gasteiger partial charge in [0.05, 0.1) is 23.8 Å². The summed E-state index contributed by atoms with van der Waals surface area (Å²) in [5.74, 6) is 1.50. The highest BCUT2D eigenvalue weighted by atomic mass is 16.5. The van der Waals surface area contributed by atoms with E-state index in [-0.39, 0.29) is 5.75 Å². The van der Waals surface area contributed by atoms with E-state index >= 15 is 0 Å². The van der Waals surface area contributed by atoms with Crippen LogP contribution in [0.25, 0.3) is 22.4 Å². The zero-order chi connectivity index (χ0) is 13.4. The first-order valence-electron chi connectivity index (χ1n) is 5.80. The first-order chi connectivity index (χ1) is 9.17. The Kier molecular flexibility index (Phi) is 2.52. The lowest BCUT2D eigenvalue weighted by Crippen LogP contribution is -1.86. The Morgan fingerprint density at radius 2 is 2.05 bits per heavy atom. The van der Waals surface area contributed by atoms with Crippen LogP contribution in [0.3, 0.4) is 0 Å². The van der Waals surface area contributed by atoms with Crippen molar-refractivity contribution < 1.29 is 9.84 Å². The van der Waals surface area contributed by atoms with Crippen LogP contribution in [0, 0.1) is 0 Å². The molecular formula is C14H13N3O2. The van der Waals surface area contributed by atoms with Crippen LogP contribution < -0.4 is 10.5 Å². The molecule has 0 aliphatic rings. The van der Waals surface area contributed by atoms with Crippen molar-refractivity contribution in [2.75, 3.05) is 12.8 Å². The molecule has 0 saturated carbocycles. The van der Waals surface area contributed by atoms with E-state index in [0.717, 1.165) is 22.3 Å². The summed E-state index contributed by atoms with van der Waals surface area (Å²) in [6, 6.07) is 10.7. The number of aromatic amines is 1. The fraction of sp³-hybridized carbons (Fsp3) is 0.0714. The number of aromatic hydroxyl groups is 1. The molecule has 0 unspecified atom stereocenters. The number of hydrogen-bond donors (Lipinski definition) is 3. The van der Waals surface area contributed by atoms with Gasteiger partial charge in [0, 0.05) is 11.6 Å². The number of phenols is 1. The van der Waals surface area contributed by atoms with Crippen molar-refractivity contribution in [2.24, 2.45) is 0 Å². The van der Waals surface area contributed by atoms with Crippen molar-refractivity contribution >= 4 is 16.7 Å². The number of benzene rings is 2. The molecule has 0 aliphatic heterocycles. The number of hydrogen-bond acceptors (Lipinski definition) is 4. The molecule has 1 heterocycles. The molecule has 2 aromatic carbocycles. The molecule has 19 heavy (non-hydrogen) atoms. The van der Waals surface area contributed by atoms with Gasteiger partial charge < -0.3 is 20.6 Å².